The van der Waals surface area contributed by atoms with E-state index in [1.807, 2.05) is 0 Å². The summed E-state index contributed by atoms with van der Waals surface area (Å²) in [6.07, 6.45) is 4.83. The van der Waals surface area contributed by atoms with E-state index in [0.717, 1.165) is 18.4 Å². The van der Waals surface area contributed by atoms with Crippen LogP contribution in [0.1, 0.15) is 37.2 Å². The summed E-state index contributed by atoms with van der Waals surface area (Å²) in [7, 11) is 0. The van der Waals surface area contributed by atoms with Crippen LogP contribution in [0.25, 0.3) is 0 Å². The van der Waals surface area contributed by atoms with Crippen LogP contribution in [-0.2, 0) is 0 Å². The van der Waals surface area contributed by atoms with Crippen LogP contribution in [0.15, 0.2) is 4.52 Å². The summed E-state index contributed by atoms with van der Waals surface area (Å²) in [5.41, 5.74) is 6.53. The second-order valence-corrected chi connectivity index (χ2v) is 3.59. The van der Waals surface area contributed by atoms with E-state index in [1.165, 1.54) is 12.8 Å². The first kappa shape index (κ1) is 7.92. The minimum Gasteiger partial charge on any atom is -0.367 e. The molecule has 0 spiro atoms. The Morgan fingerprint density at radius 3 is 2.58 bits per heavy atom. The summed E-state index contributed by atoms with van der Waals surface area (Å²) in [6.45, 7) is 0. The Morgan fingerprint density at radius 1 is 1.42 bits per heavy atom. The Morgan fingerprint density at radius 2 is 2.08 bits per heavy atom. The maximum absolute atomic E-state index is 5.84. The van der Waals surface area contributed by atoms with E-state index in [0.29, 0.717) is 17.0 Å². The van der Waals surface area contributed by atoms with E-state index >= 15 is 0 Å². The van der Waals surface area contributed by atoms with Gasteiger partial charge in [-0.05, 0) is 18.8 Å². The minimum atomic E-state index is 0.395. The number of nitrogens with two attached hydrogens (primary N) is 1. The van der Waals surface area contributed by atoms with Crippen LogP contribution >= 0.6 is 11.6 Å². The molecule has 1 saturated carbocycles. The van der Waals surface area contributed by atoms with Gasteiger partial charge in [0, 0.05) is 0 Å². The van der Waals surface area contributed by atoms with Crippen molar-refractivity contribution in [1.29, 1.82) is 0 Å². The number of hydrogen-bond donors (Lipinski definition) is 1. The maximum Gasteiger partial charge on any atom is 0.227 e. The molecule has 1 aromatic rings. The van der Waals surface area contributed by atoms with Gasteiger partial charge >= 0.3 is 0 Å². The van der Waals surface area contributed by atoms with Crippen LogP contribution < -0.4 is 5.73 Å². The summed E-state index contributed by atoms with van der Waals surface area (Å²) < 4.78 is 4.80. The van der Waals surface area contributed by atoms with Gasteiger partial charge in [0.25, 0.3) is 0 Å². The fraction of sp³-hybridized carbons (Fsp3) is 0.625. The fourth-order valence-corrected chi connectivity index (χ4v) is 2.16. The van der Waals surface area contributed by atoms with Crippen molar-refractivity contribution < 1.29 is 4.52 Å². The predicted octanol–water partition coefficient (Wildman–Crippen LogP) is 2.57. The zero-order valence-corrected chi connectivity index (χ0v) is 7.47. The van der Waals surface area contributed by atoms with Crippen molar-refractivity contribution in [2.75, 3.05) is 5.73 Å². The van der Waals surface area contributed by atoms with E-state index in [-0.39, 0.29) is 0 Å². The first-order valence-corrected chi connectivity index (χ1v) is 4.57. The molecular formula is C8H11ClN2O. The molecule has 0 aromatic carbocycles. The largest absolute Gasteiger partial charge is 0.367 e. The zero-order valence-electron chi connectivity index (χ0n) is 6.72. The second-order valence-electron chi connectivity index (χ2n) is 3.23. The van der Waals surface area contributed by atoms with Crippen molar-refractivity contribution >= 4 is 17.5 Å². The summed E-state index contributed by atoms with van der Waals surface area (Å²) in [5, 5.41) is 4.07. The zero-order chi connectivity index (χ0) is 8.55. The average molecular weight is 187 g/mol. The lowest BCUT2D eigenvalue weighted by molar-refractivity contribution is 0.436. The topological polar surface area (TPSA) is 52.0 Å². The quantitative estimate of drug-likeness (QED) is 0.734. The molecule has 0 amide bonds. The van der Waals surface area contributed by atoms with Gasteiger partial charge in [-0.1, -0.05) is 29.6 Å². The molecular weight excluding hydrogens is 176 g/mol. The van der Waals surface area contributed by atoms with Gasteiger partial charge in [-0.2, -0.15) is 0 Å². The molecule has 0 unspecified atom stereocenters. The van der Waals surface area contributed by atoms with Gasteiger partial charge in [0.1, 0.15) is 0 Å². The van der Waals surface area contributed by atoms with Gasteiger partial charge in [0.15, 0.2) is 5.15 Å². The van der Waals surface area contributed by atoms with Crippen LogP contribution in [0.2, 0.25) is 5.15 Å². The molecule has 12 heavy (non-hydrogen) atoms. The van der Waals surface area contributed by atoms with Gasteiger partial charge in [-0.15, -0.1) is 0 Å². The lowest BCUT2D eigenvalue weighted by atomic mass is 10.0. The van der Waals surface area contributed by atoms with E-state index in [2.05, 4.69) is 5.16 Å². The molecule has 4 heteroatoms. The van der Waals surface area contributed by atoms with Crippen molar-refractivity contribution in [1.82, 2.24) is 5.16 Å². The fourth-order valence-electron chi connectivity index (χ4n) is 1.87. The van der Waals surface area contributed by atoms with E-state index < -0.39 is 0 Å². The number of halogens is 1. The molecule has 3 nitrogen and oxygen atoms in total. The van der Waals surface area contributed by atoms with Gasteiger partial charge in [0.05, 0.1) is 5.56 Å². The number of aromatic nitrogens is 1. The lowest BCUT2D eigenvalue weighted by Gasteiger charge is -2.05. The average Bonchev–Trinajstić information content (AvgIpc) is 2.61. The predicted molar refractivity (Wildman–Crippen MR) is 47.1 cm³/mol. The normalized spacial score (nSPS) is 18.8. The van der Waals surface area contributed by atoms with E-state index in [4.69, 9.17) is 21.9 Å². The van der Waals surface area contributed by atoms with E-state index in [1.54, 1.807) is 0 Å². The summed E-state index contributed by atoms with van der Waals surface area (Å²) in [6, 6.07) is 0. The molecule has 1 aliphatic carbocycles. The lowest BCUT2D eigenvalue weighted by Crippen LogP contribution is -1.95. The summed E-state index contributed by atoms with van der Waals surface area (Å²) in [4.78, 5) is 0. The molecule has 2 rings (SSSR count). The third kappa shape index (κ3) is 1.18. The smallest absolute Gasteiger partial charge is 0.227 e. The van der Waals surface area contributed by atoms with Crippen LogP contribution in [0.4, 0.5) is 5.88 Å². The first-order chi connectivity index (χ1) is 5.79. The SMILES string of the molecule is Nc1onc(Cl)c1C1CCCC1. The Balaban J connectivity index is 2.30. The number of nitrogens with zero attached hydrogens (tertiary/aromatic N) is 1. The van der Waals surface area contributed by atoms with Crippen molar-refractivity contribution in [3.05, 3.63) is 10.7 Å². The number of anilines is 1. The number of rotatable bonds is 1. The highest BCUT2D eigenvalue weighted by molar-refractivity contribution is 6.30. The summed E-state index contributed by atoms with van der Waals surface area (Å²) >= 11 is 5.84. The second kappa shape index (κ2) is 2.98. The summed E-state index contributed by atoms with van der Waals surface area (Å²) in [5.74, 6) is 0.871. The monoisotopic (exact) mass is 186 g/mol. The molecule has 1 fully saturated rings. The number of hydrogen-bond acceptors (Lipinski definition) is 3. The van der Waals surface area contributed by atoms with Gasteiger partial charge in [-0.25, -0.2) is 0 Å². The van der Waals surface area contributed by atoms with Crippen LogP contribution in [-0.4, -0.2) is 5.16 Å². The highest BCUT2D eigenvalue weighted by atomic mass is 35.5. The van der Waals surface area contributed by atoms with Crippen molar-refractivity contribution in [2.45, 2.75) is 31.6 Å². The van der Waals surface area contributed by atoms with Crippen molar-refractivity contribution in [3.63, 3.8) is 0 Å². The van der Waals surface area contributed by atoms with Crippen LogP contribution in [0.3, 0.4) is 0 Å². The third-order valence-corrected chi connectivity index (χ3v) is 2.75. The molecule has 2 N–H and O–H groups in total. The standard InChI is InChI=1S/C8H11ClN2O/c9-7-6(8(10)12-11-7)5-3-1-2-4-5/h5H,1-4,10H2. The van der Waals surface area contributed by atoms with Crippen LogP contribution in [0, 0.1) is 0 Å². The molecule has 1 aliphatic rings. The Bertz CT molecular complexity index is 259. The molecule has 0 saturated heterocycles. The van der Waals surface area contributed by atoms with E-state index in [9.17, 15) is 0 Å². The number of nitrogen functional groups attached to an aromatic ring is 1. The molecule has 0 bridgehead atoms. The van der Waals surface area contributed by atoms with Crippen LogP contribution in [0.5, 0.6) is 0 Å². The highest BCUT2D eigenvalue weighted by Crippen LogP contribution is 2.40. The Labute approximate surface area is 75.9 Å². The Kier molecular flexibility index (Phi) is 1.97. The first-order valence-electron chi connectivity index (χ1n) is 4.19. The van der Waals surface area contributed by atoms with Gasteiger partial charge in [-0.3, -0.25) is 0 Å². The molecule has 0 aliphatic heterocycles. The highest BCUT2D eigenvalue weighted by Gasteiger charge is 2.25. The Hall–Kier alpha value is -0.700. The molecule has 66 valence electrons. The van der Waals surface area contributed by atoms with Crippen molar-refractivity contribution in [2.24, 2.45) is 0 Å². The van der Waals surface area contributed by atoms with Gasteiger partial charge in [0.2, 0.25) is 5.88 Å². The molecule has 0 radical (unpaired) electrons. The third-order valence-electron chi connectivity index (χ3n) is 2.48. The minimum absolute atomic E-state index is 0.395. The van der Waals surface area contributed by atoms with Gasteiger partial charge < -0.3 is 10.3 Å². The molecule has 1 heterocycles. The van der Waals surface area contributed by atoms with Crippen molar-refractivity contribution in [3.8, 4) is 0 Å². The molecule has 1 aromatic heterocycles. The maximum atomic E-state index is 5.84. The molecule has 0 atom stereocenters.